The Balaban J connectivity index is 1.86. The van der Waals surface area contributed by atoms with Crippen LogP contribution in [0.5, 0.6) is 0 Å². The van der Waals surface area contributed by atoms with E-state index < -0.39 is 5.91 Å². The zero-order valence-corrected chi connectivity index (χ0v) is 13.4. The molecular formula is C16H16BrN3O2. The molecule has 0 aromatic heterocycles. The van der Waals surface area contributed by atoms with Gasteiger partial charge in [-0.05, 0) is 36.2 Å². The van der Waals surface area contributed by atoms with E-state index in [4.69, 9.17) is 5.73 Å². The van der Waals surface area contributed by atoms with Gasteiger partial charge in [-0.25, -0.2) is 4.79 Å². The van der Waals surface area contributed by atoms with Crippen LogP contribution in [0.25, 0.3) is 0 Å². The van der Waals surface area contributed by atoms with E-state index in [9.17, 15) is 9.59 Å². The van der Waals surface area contributed by atoms with E-state index in [1.165, 1.54) is 0 Å². The first kappa shape index (κ1) is 16.0. The lowest BCUT2D eigenvalue weighted by Gasteiger charge is -2.10. The molecule has 0 bridgehead atoms. The summed E-state index contributed by atoms with van der Waals surface area (Å²) < 4.78 is 1.02. The highest BCUT2D eigenvalue weighted by molar-refractivity contribution is 9.10. The number of anilines is 1. The van der Waals surface area contributed by atoms with Crippen molar-refractivity contribution in [1.82, 2.24) is 5.32 Å². The summed E-state index contributed by atoms with van der Waals surface area (Å²) in [6.07, 6.45) is 0.720. The van der Waals surface area contributed by atoms with Crippen LogP contribution in [0.4, 0.5) is 10.5 Å². The smallest absolute Gasteiger partial charge is 0.319 e. The van der Waals surface area contributed by atoms with Crippen molar-refractivity contribution < 1.29 is 9.59 Å². The van der Waals surface area contributed by atoms with Gasteiger partial charge >= 0.3 is 6.03 Å². The molecule has 0 atom stereocenters. The van der Waals surface area contributed by atoms with Gasteiger partial charge in [0.25, 0.3) is 5.91 Å². The van der Waals surface area contributed by atoms with Crippen molar-refractivity contribution in [2.24, 2.45) is 5.73 Å². The van der Waals surface area contributed by atoms with Crippen molar-refractivity contribution in [2.75, 3.05) is 11.9 Å². The molecule has 0 saturated heterocycles. The van der Waals surface area contributed by atoms with E-state index in [0.29, 0.717) is 12.2 Å². The van der Waals surface area contributed by atoms with Gasteiger partial charge in [-0.2, -0.15) is 0 Å². The molecule has 6 heteroatoms. The summed E-state index contributed by atoms with van der Waals surface area (Å²) in [5.74, 6) is -0.578. The van der Waals surface area contributed by atoms with Crippen LogP contribution in [0.1, 0.15) is 15.9 Å². The molecule has 2 aromatic carbocycles. The number of amides is 3. The van der Waals surface area contributed by atoms with Gasteiger partial charge in [0.05, 0.1) is 11.3 Å². The van der Waals surface area contributed by atoms with Crippen molar-refractivity contribution in [1.29, 1.82) is 0 Å². The predicted molar refractivity (Wildman–Crippen MR) is 89.8 cm³/mol. The summed E-state index contributed by atoms with van der Waals surface area (Å²) >= 11 is 3.37. The minimum atomic E-state index is -0.578. The van der Waals surface area contributed by atoms with Crippen LogP contribution in [0.15, 0.2) is 53.0 Å². The number of para-hydroxylation sites is 1. The first-order valence-corrected chi connectivity index (χ1v) is 7.53. The zero-order chi connectivity index (χ0) is 15.9. The Kier molecular flexibility index (Phi) is 5.55. The van der Waals surface area contributed by atoms with Crippen molar-refractivity contribution >= 4 is 33.6 Å². The summed E-state index contributed by atoms with van der Waals surface area (Å²) in [5, 5.41) is 5.38. The first-order chi connectivity index (χ1) is 10.6. The number of carbonyl (C=O) groups is 2. The van der Waals surface area contributed by atoms with Crippen LogP contribution in [-0.4, -0.2) is 18.5 Å². The van der Waals surface area contributed by atoms with Gasteiger partial charge in [0.15, 0.2) is 0 Å². The molecular weight excluding hydrogens is 346 g/mol. The molecule has 0 unspecified atom stereocenters. The SMILES string of the molecule is NC(=O)c1ccccc1NC(=O)NCCc1ccc(Br)cc1. The van der Waals surface area contributed by atoms with Gasteiger partial charge in [-0.1, -0.05) is 40.2 Å². The van der Waals surface area contributed by atoms with Crippen molar-refractivity contribution in [3.63, 3.8) is 0 Å². The average Bonchev–Trinajstić information content (AvgIpc) is 2.49. The van der Waals surface area contributed by atoms with E-state index in [-0.39, 0.29) is 11.6 Å². The third-order valence-electron chi connectivity index (χ3n) is 3.05. The highest BCUT2D eigenvalue weighted by atomic mass is 79.9. The molecule has 2 rings (SSSR count). The van der Waals surface area contributed by atoms with Crippen LogP contribution >= 0.6 is 15.9 Å². The molecule has 0 aliphatic heterocycles. The van der Waals surface area contributed by atoms with Gasteiger partial charge < -0.3 is 16.4 Å². The molecule has 0 heterocycles. The number of nitrogens with one attached hydrogen (secondary N) is 2. The number of hydrogen-bond acceptors (Lipinski definition) is 2. The number of nitrogens with two attached hydrogens (primary N) is 1. The minimum absolute atomic E-state index is 0.283. The second-order valence-corrected chi connectivity index (χ2v) is 5.58. The second kappa shape index (κ2) is 7.61. The summed E-state index contributed by atoms with van der Waals surface area (Å²) in [7, 11) is 0. The second-order valence-electron chi connectivity index (χ2n) is 4.67. The van der Waals surface area contributed by atoms with E-state index in [0.717, 1.165) is 16.5 Å². The number of benzene rings is 2. The number of primary amides is 1. The van der Waals surface area contributed by atoms with Crippen molar-refractivity contribution in [3.8, 4) is 0 Å². The molecule has 2 aromatic rings. The van der Waals surface area contributed by atoms with Crippen molar-refractivity contribution in [3.05, 3.63) is 64.1 Å². The van der Waals surface area contributed by atoms with Gasteiger partial charge in [0, 0.05) is 11.0 Å². The summed E-state index contributed by atoms with van der Waals surface area (Å²) in [6.45, 7) is 0.492. The van der Waals surface area contributed by atoms with Gasteiger partial charge in [0.2, 0.25) is 0 Å². The zero-order valence-electron chi connectivity index (χ0n) is 11.8. The number of halogens is 1. The lowest BCUT2D eigenvalue weighted by molar-refractivity contribution is 0.100. The molecule has 0 fully saturated rings. The third kappa shape index (κ3) is 4.60. The van der Waals surface area contributed by atoms with Gasteiger partial charge in [-0.3, -0.25) is 4.79 Å². The number of urea groups is 1. The van der Waals surface area contributed by atoms with Gasteiger partial charge in [0.1, 0.15) is 0 Å². The number of rotatable bonds is 5. The normalized spacial score (nSPS) is 10.0. The standard InChI is InChI=1S/C16H16BrN3O2/c17-12-7-5-11(6-8-12)9-10-19-16(22)20-14-4-2-1-3-13(14)15(18)21/h1-8H,9-10H2,(H2,18,21)(H2,19,20,22). The van der Waals surface area contributed by atoms with Crippen LogP contribution in [-0.2, 0) is 6.42 Å². The minimum Gasteiger partial charge on any atom is -0.366 e. The highest BCUT2D eigenvalue weighted by Gasteiger charge is 2.09. The monoisotopic (exact) mass is 361 g/mol. The largest absolute Gasteiger partial charge is 0.366 e. The maximum absolute atomic E-state index is 11.8. The maximum atomic E-state index is 11.8. The predicted octanol–water partition coefficient (Wildman–Crippen LogP) is 2.91. The number of carbonyl (C=O) groups excluding carboxylic acids is 2. The topological polar surface area (TPSA) is 84.2 Å². The molecule has 0 spiro atoms. The average molecular weight is 362 g/mol. The lowest BCUT2D eigenvalue weighted by Crippen LogP contribution is -2.31. The molecule has 114 valence electrons. The Bertz CT molecular complexity index is 671. The Morgan fingerprint density at radius 2 is 1.73 bits per heavy atom. The fourth-order valence-electron chi connectivity index (χ4n) is 1.94. The van der Waals surface area contributed by atoms with Crippen LogP contribution < -0.4 is 16.4 Å². The molecule has 0 aliphatic rings. The molecule has 22 heavy (non-hydrogen) atoms. The fraction of sp³-hybridized carbons (Fsp3) is 0.125. The highest BCUT2D eigenvalue weighted by Crippen LogP contribution is 2.14. The summed E-state index contributed by atoms with van der Waals surface area (Å²) in [4.78, 5) is 23.1. The van der Waals surface area contributed by atoms with E-state index in [1.807, 2.05) is 24.3 Å². The van der Waals surface area contributed by atoms with E-state index in [1.54, 1.807) is 24.3 Å². The van der Waals surface area contributed by atoms with E-state index >= 15 is 0 Å². The maximum Gasteiger partial charge on any atom is 0.319 e. The molecule has 3 amide bonds. The van der Waals surface area contributed by atoms with Crippen LogP contribution in [0.2, 0.25) is 0 Å². The Morgan fingerprint density at radius 3 is 2.41 bits per heavy atom. The fourth-order valence-corrected chi connectivity index (χ4v) is 2.21. The summed E-state index contributed by atoms with van der Waals surface area (Å²) in [5.41, 5.74) is 7.07. The summed E-state index contributed by atoms with van der Waals surface area (Å²) in [6, 6.07) is 14.1. The molecule has 4 N–H and O–H groups in total. The molecule has 5 nitrogen and oxygen atoms in total. The number of hydrogen-bond donors (Lipinski definition) is 3. The van der Waals surface area contributed by atoms with Crippen LogP contribution in [0, 0.1) is 0 Å². The van der Waals surface area contributed by atoms with E-state index in [2.05, 4.69) is 26.6 Å². The Labute approximate surface area is 137 Å². The molecule has 0 aliphatic carbocycles. The molecule has 0 saturated carbocycles. The lowest BCUT2D eigenvalue weighted by atomic mass is 10.1. The first-order valence-electron chi connectivity index (χ1n) is 6.74. The van der Waals surface area contributed by atoms with Crippen molar-refractivity contribution in [2.45, 2.75) is 6.42 Å². The molecule has 0 radical (unpaired) electrons. The van der Waals surface area contributed by atoms with Gasteiger partial charge in [-0.15, -0.1) is 0 Å². The third-order valence-corrected chi connectivity index (χ3v) is 3.58. The Morgan fingerprint density at radius 1 is 1.05 bits per heavy atom. The van der Waals surface area contributed by atoms with Crippen LogP contribution in [0.3, 0.4) is 0 Å². The quantitative estimate of drug-likeness (QED) is 0.764. The Hall–Kier alpha value is -2.34.